The summed E-state index contributed by atoms with van der Waals surface area (Å²) in [6.45, 7) is 4.02. The van der Waals surface area contributed by atoms with Gasteiger partial charge in [0.2, 0.25) is 5.95 Å². The maximum absolute atomic E-state index is 5.66. The molecule has 3 rings (SSSR count). The molecule has 1 heterocycles. The highest BCUT2D eigenvalue weighted by Gasteiger charge is 2.03. The number of benzene rings is 2. The molecule has 0 bridgehead atoms. The van der Waals surface area contributed by atoms with Gasteiger partial charge in [-0.05, 0) is 68.4 Å². The molecular formula is C21H25N5O. The Hall–Kier alpha value is -3.28. The van der Waals surface area contributed by atoms with Crippen molar-refractivity contribution in [2.45, 2.75) is 20.0 Å². The summed E-state index contributed by atoms with van der Waals surface area (Å²) in [5.41, 5.74) is 3.01. The molecule has 0 amide bonds. The van der Waals surface area contributed by atoms with E-state index in [1.807, 2.05) is 82.5 Å². The Morgan fingerprint density at radius 2 is 1.48 bits per heavy atom. The summed E-state index contributed by atoms with van der Waals surface area (Å²) >= 11 is 0. The number of hydrogen-bond acceptors (Lipinski definition) is 6. The molecule has 0 aliphatic heterocycles. The van der Waals surface area contributed by atoms with Crippen LogP contribution in [0.5, 0.6) is 5.75 Å². The number of aromatic nitrogens is 2. The first-order valence-corrected chi connectivity index (χ1v) is 8.91. The maximum Gasteiger partial charge on any atom is 0.229 e. The molecule has 0 saturated heterocycles. The lowest BCUT2D eigenvalue weighted by Gasteiger charge is -2.13. The van der Waals surface area contributed by atoms with Crippen molar-refractivity contribution in [2.24, 2.45) is 0 Å². The summed E-state index contributed by atoms with van der Waals surface area (Å²) in [4.78, 5) is 10.9. The van der Waals surface area contributed by atoms with Gasteiger partial charge in [0.05, 0.1) is 6.10 Å². The minimum Gasteiger partial charge on any atom is -0.491 e. The van der Waals surface area contributed by atoms with Crippen molar-refractivity contribution in [1.29, 1.82) is 0 Å². The van der Waals surface area contributed by atoms with Gasteiger partial charge in [-0.1, -0.05) is 0 Å². The molecule has 0 aliphatic carbocycles. The SMILES string of the molecule is CC(C)Oc1ccc(Nc2ccnc(Nc3ccc(N(C)C)cc3)n2)cc1. The number of nitrogens with zero attached hydrogens (tertiary/aromatic N) is 3. The number of nitrogens with one attached hydrogen (secondary N) is 2. The van der Waals surface area contributed by atoms with E-state index in [2.05, 4.69) is 25.5 Å². The van der Waals surface area contributed by atoms with Crippen LogP contribution in [0, 0.1) is 0 Å². The fraction of sp³-hybridized carbons (Fsp3) is 0.238. The molecule has 0 saturated carbocycles. The van der Waals surface area contributed by atoms with Gasteiger partial charge < -0.3 is 20.3 Å². The van der Waals surface area contributed by atoms with Gasteiger partial charge in [0.1, 0.15) is 11.6 Å². The van der Waals surface area contributed by atoms with Gasteiger partial charge in [0.25, 0.3) is 0 Å². The molecular weight excluding hydrogens is 338 g/mol. The summed E-state index contributed by atoms with van der Waals surface area (Å²) in [7, 11) is 4.03. The van der Waals surface area contributed by atoms with Crippen molar-refractivity contribution in [3.05, 3.63) is 60.8 Å². The molecule has 6 heteroatoms. The lowest BCUT2D eigenvalue weighted by Crippen LogP contribution is -2.08. The molecule has 2 N–H and O–H groups in total. The summed E-state index contributed by atoms with van der Waals surface area (Å²) in [5.74, 6) is 2.11. The highest BCUT2D eigenvalue weighted by Crippen LogP contribution is 2.22. The second kappa shape index (κ2) is 8.40. The van der Waals surface area contributed by atoms with Crippen molar-refractivity contribution in [3.63, 3.8) is 0 Å². The molecule has 0 unspecified atom stereocenters. The number of ether oxygens (including phenoxy) is 1. The second-order valence-corrected chi connectivity index (χ2v) is 6.65. The molecule has 6 nitrogen and oxygen atoms in total. The Morgan fingerprint density at radius 1 is 0.852 bits per heavy atom. The summed E-state index contributed by atoms with van der Waals surface area (Å²) < 4.78 is 5.66. The topological polar surface area (TPSA) is 62.3 Å². The molecule has 2 aromatic carbocycles. The van der Waals surface area contributed by atoms with Crippen LogP contribution in [0.3, 0.4) is 0 Å². The molecule has 1 aromatic heterocycles. The van der Waals surface area contributed by atoms with Crippen LogP contribution in [-0.2, 0) is 0 Å². The van der Waals surface area contributed by atoms with Crippen LogP contribution >= 0.6 is 0 Å². The third kappa shape index (κ3) is 5.34. The van der Waals surface area contributed by atoms with Gasteiger partial charge in [0.15, 0.2) is 0 Å². The zero-order valence-corrected chi connectivity index (χ0v) is 16.1. The summed E-state index contributed by atoms with van der Waals surface area (Å²) in [6, 6.07) is 17.7. The zero-order chi connectivity index (χ0) is 19.2. The van der Waals surface area contributed by atoms with Crippen LogP contribution in [0.2, 0.25) is 0 Å². The predicted molar refractivity (Wildman–Crippen MR) is 112 cm³/mol. The normalized spacial score (nSPS) is 10.6. The average Bonchev–Trinajstić information content (AvgIpc) is 2.64. The second-order valence-electron chi connectivity index (χ2n) is 6.65. The first kappa shape index (κ1) is 18.5. The van der Waals surface area contributed by atoms with Gasteiger partial charge in [0, 0.05) is 37.4 Å². The van der Waals surface area contributed by atoms with Gasteiger partial charge >= 0.3 is 0 Å². The minimum atomic E-state index is 0.158. The Labute approximate surface area is 160 Å². The Morgan fingerprint density at radius 3 is 2.11 bits per heavy atom. The lowest BCUT2D eigenvalue weighted by molar-refractivity contribution is 0.242. The summed E-state index contributed by atoms with van der Waals surface area (Å²) in [5, 5.41) is 6.51. The van der Waals surface area contributed by atoms with E-state index in [1.54, 1.807) is 6.20 Å². The van der Waals surface area contributed by atoms with Gasteiger partial charge in [-0.3, -0.25) is 0 Å². The van der Waals surface area contributed by atoms with Gasteiger partial charge in [-0.15, -0.1) is 0 Å². The van der Waals surface area contributed by atoms with E-state index >= 15 is 0 Å². The average molecular weight is 363 g/mol. The Bertz CT molecular complexity index is 861. The van der Waals surface area contributed by atoms with E-state index in [9.17, 15) is 0 Å². The smallest absolute Gasteiger partial charge is 0.229 e. The van der Waals surface area contributed by atoms with Crippen LogP contribution in [0.4, 0.5) is 28.8 Å². The Kier molecular flexibility index (Phi) is 5.76. The van der Waals surface area contributed by atoms with Crippen LogP contribution in [0.1, 0.15) is 13.8 Å². The van der Waals surface area contributed by atoms with Crippen LogP contribution in [-0.4, -0.2) is 30.2 Å². The van der Waals surface area contributed by atoms with Crippen LogP contribution in [0.15, 0.2) is 60.8 Å². The highest BCUT2D eigenvalue weighted by molar-refractivity contribution is 5.61. The quantitative estimate of drug-likeness (QED) is 0.628. The van der Waals surface area contributed by atoms with Crippen LogP contribution in [0.25, 0.3) is 0 Å². The molecule has 0 atom stereocenters. The van der Waals surface area contributed by atoms with E-state index in [0.29, 0.717) is 5.95 Å². The first-order chi connectivity index (χ1) is 13.0. The Balaban J connectivity index is 1.66. The van der Waals surface area contributed by atoms with E-state index in [1.165, 1.54) is 0 Å². The molecule has 0 aliphatic rings. The monoisotopic (exact) mass is 363 g/mol. The molecule has 3 aromatic rings. The minimum absolute atomic E-state index is 0.158. The fourth-order valence-electron chi connectivity index (χ4n) is 2.50. The predicted octanol–water partition coefficient (Wildman–Crippen LogP) is 4.82. The largest absolute Gasteiger partial charge is 0.491 e. The van der Waals surface area contributed by atoms with E-state index in [0.717, 1.165) is 28.6 Å². The first-order valence-electron chi connectivity index (χ1n) is 8.91. The maximum atomic E-state index is 5.66. The fourth-order valence-corrected chi connectivity index (χ4v) is 2.50. The van der Waals surface area contributed by atoms with Crippen LogP contribution < -0.4 is 20.3 Å². The van der Waals surface area contributed by atoms with Gasteiger partial charge in [-0.25, -0.2) is 4.98 Å². The van der Waals surface area contributed by atoms with E-state index in [4.69, 9.17) is 4.74 Å². The molecule has 140 valence electrons. The highest BCUT2D eigenvalue weighted by atomic mass is 16.5. The van der Waals surface area contributed by atoms with E-state index < -0.39 is 0 Å². The zero-order valence-electron chi connectivity index (χ0n) is 16.1. The van der Waals surface area contributed by atoms with Crippen molar-refractivity contribution in [1.82, 2.24) is 9.97 Å². The number of hydrogen-bond donors (Lipinski definition) is 2. The third-order valence-corrected chi connectivity index (χ3v) is 3.79. The molecule has 0 radical (unpaired) electrons. The summed E-state index contributed by atoms with van der Waals surface area (Å²) in [6.07, 6.45) is 1.88. The molecule has 0 fully saturated rings. The van der Waals surface area contributed by atoms with Gasteiger partial charge in [-0.2, -0.15) is 4.98 Å². The van der Waals surface area contributed by atoms with E-state index in [-0.39, 0.29) is 6.10 Å². The standard InChI is InChI=1S/C21H25N5O/c1-15(2)27-19-11-7-16(8-12-19)23-20-13-14-22-21(25-20)24-17-5-9-18(10-6-17)26(3)4/h5-15H,1-4H3,(H2,22,23,24,25). The van der Waals surface area contributed by atoms with Crippen molar-refractivity contribution in [2.75, 3.05) is 29.6 Å². The molecule has 0 spiro atoms. The molecule has 27 heavy (non-hydrogen) atoms. The van der Waals surface area contributed by atoms with Crippen molar-refractivity contribution < 1.29 is 4.74 Å². The van der Waals surface area contributed by atoms with Crippen molar-refractivity contribution in [3.8, 4) is 5.75 Å². The lowest BCUT2D eigenvalue weighted by atomic mass is 10.2. The number of anilines is 5. The number of rotatable bonds is 7. The third-order valence-electron chi connectivity index (χ3n) is 3.79. The van der Waals surface area contributed by atoms with Crippen molar-refractivity contribution >= 4 is 28.8 Å².